The maximum Gasteiger partial charge on any atom is 0.227 e. The fraction of sp³-hybridized carbons (Fsp3) is 0.765. The van der Waals surface area contributed by atoms with Crippen LogP contribution in [-0.4, -0.2) is 46.3 Å². The molecule has 0 saturated carbocycles. The van der Waals surface area contributed by atoms with Crippen molar-refractivity contribution in [3.63, 3.8) is 0 Å². The van der Waals surface area contributed by atoms with E-state index in [4.69, 9.17) is 0 Å². The molecule has 0 radical (unpaired) electrons. The summed E-state index contributed by atoms with van der Waals surface area (Å²) in [6, 6.07) is 0.447. The molecule has 1 aromatic heterocycles. The van der Waals surface area contributed by atoms with E-state index in [1.165, 1.54) is 12.0 Å². The van der Waals surface area contributed by atoms with Gasteiger partial charge in [0.15, 0.2) is 0 Å². The van der Waals surface area contributed by atoms with Crippen molar-refractivity contribution in [1.82, 2.24) is 20.0 Å². The van der Waals surface area contributed by atoms with Crippen molar-refractivity contribution in [1.29, 1.82) is 0 Å². The Morgan fingerprint density at radius 1 is 1.45 bits per heavy atom. The molecule has 1 amide bonds. The molecule has 1 N–H and O–H groups in total. The van der Waals surface area contributed by atoms with E-state index in [0.29, 0.717) is 17.9 Å². The average molecular weight is 304 g/mol. The molecule has 2 saturated heterocycles. The lowest BCUT2D eigenvalue weighted by atomic mass is 9.89. The van der Waals surface area contributed by atoms with Gasteiger partial charge in [0.1, 0.15) is 0 Å². The lowest BCUT2D eigenvalue weighted by Gasteiger charge is -2.30. The summed E-state index contributed by atoms with van der Waals surface area (Å²) in [6.45, 7) is 7.10. The molecule has 1 aromatic rings. The quantitative estimate of drug-likeness (QED) is 0.922. The maximum atomic E-state index is 13.1. The number of hydrogen-bond acceptors (Lipinski definition) is 3. The third-order valence-corrected chi connectivity index (χ3v) is 5.09. The van der Waals surface area contributed by atoms with E-state index >= 15 is 0 Å². The number of hydrogen-bond donors (Lipinski definition) is 1. The van der Waals surface area contributed by atoms with Gasteiger partial charge in [0, 0.05) is 44.8 Å². The van der Waals surface area contributed by atoms with Crippen LogP contribution in [0.1, 0.15) is 44.6 Å². The van der Waals surface area contributed by atoms with Gasteiger partial charge in [-0.15, -0.1) is 0 Å². The van der Waals surface area contributed by atoms with Crippen LogP contribution in [0.25, 0.3) is 0 Å². The Balaban J connectivity index is 1.73. The molecular formula is C17H28N4O. The fourth-order valence-corrected chi connectivity index (χ4v) is 4.05. The third kappa shape index (κ3) is 3.05. The largest absolute Gasteiger partial charge is 0.339 e. The molecule has 122 valence electrons. The van der Waals surface area contributed by atoms with Crippen LogP contribution in [0, 0.1) is 11.8 Å². The molecule has 0 aromatic carbocycles. The molecule has 2 aliphatic heterocycles. The highest BCUT2D eigenvalue weighted by molar-refractivity contribution is 5.81. The number of amides is 1. The Morgan fingerprint density at radius 2 is 2.27 bits per heavy atom. The van der Waals surface area contributed by atoms with Crippen LogP contribution in [0.5, 0.6) is 0 Å². The van der Waals surface area contributed by atoms with Crippen molar-refractivity contribution in [3.05, 3.63) is 18.0 Å². The third-order valence-electron chi connectivity index (χ3n) is 5.09. The molecule has 0 spiro atoms. The Labute approximate surface area is 133 Å². The zero-order chi connectivity index (χ0) is 15.7. The minimum atomic E-state index is 0.0666. The number of rotatable bonds is 4. The van der Waals surface area contributed by atoms with Gasteiger partial charge in [-0.2, -0.15) is 5.10 Å². The van der Waals surface area contributed by atoms with Crippen molar-refractivity contribution in [3.8, 4) is 0 Å². The minimum absolute atomic E-state index is 0.0666. The van der Waals surface area contributed by atoms with E-state index in [1.807, 2.05) is 24.1 Å². The first-order chi connectivity index (χ1) is 10.6. The molecule has 3 rings (SSSR count). The SMILES string of the molecule is CC(C)CC1CCCN1C(=O)[C@H]1CNC[C@@H]1c1cnn(C)c1. The Bertz CT molecular complexity index is 524. The number of carbonyl (C=O) groups is 1. The summed E-state index contributed by atoms with van der Waals surface area (Å²) < 4.78 is 1.83. The van der Waals surface area contributed by atoms with Gasteiger partial charge in [0.05, 0.1) is 12.1 Å². The van der Waals surface area contributed by atoms with Crippen LogP contribution in [0.2, 0.25) is 0 Å². The monoisotopic (exact) mass is 304 g/mol. The molecular weight excluding hydrogens is 276 g/mol. The van der Waals surface area contributed by atoms with Gasteiger partial charge in [-0.3, -0.25) is 9.48 Å². The molecule has 3 heterocycles. The fourth-order valence-electron chi connectivity index (χ4n) is 4.05. The average Bonchev–Trinajstić information content (AvgIpc) is 3.16. The van der Waals surface area contributed by atoms with Crippen LogP contribution in [-0.2, 0) is 11.8 Å². The van der Waals surface area contributed by atoms with E-state index in [2.05, 4.69) is 29.2 Å². The highest BCUT2D eigenvalue weighted by Crippen LogP contribution is 2.32. The zero-order valence-electron chi connectivity index (χ0n) is 14.0. The Hall–Kier alpha value is -1.36. The number of nitrogens with one attached hydrogen (secondary N) is 1. The van der Waals surface area contributed by atoms with Crippen molar-refractivity contribution in [2.45, 2.75) is 45.1 Å². The van der Waals surface area contributed by atoms with Crippen LogP contribution >= 0.6 is 0 Å². The molecule has 3 atom stereocenters. The highest BCUT2D eigenvalue weighted by atomic mass is 16.2. The van der Waals surface area contributed by atoms with Crippen molar-refractivity contribution < 1.29 is 4.79 Å². The van der Waals surface area contributed by atoms with Crippen molar-refractivity contribution in [2.75, 3.05) is 19.6 Å². The molecule has 5 nitrogen and oxygen atoms in total. The van der Waals surface area contributed by atoms with Gasteiger partial charge < -0.3 is 10.2 Å². The molecule has 1 unspecified atom stereocenters. The van der Waals surface area contributed by atoms with Crippen molar-refractivity contribution >= 4 is 5.91 Å². The number of likely N-dealkylation sites (tertiary alicyclic amines) is 1. The normalized spacial score (nSPS) is 28.7. The first-order valence-electron chi connectivity index (χ1n) is 8.56. The predicted molar refractivity (Wildman–Crippen MR) is 86.5 cm³/mol. The summed E-state index contributed by atoms with van der Waals surface area (Å²) in [5.41, 5.74) is 1.19. The van der Waals surface area contributed by atoms with E-state index in [1.54, 1.807) is 0 Å². The first kappa shape index (κ1) is 15.5. The molecule has 5 heteroatoms. The lowest BCUT2D eigenvalue weighted by Crippen LogP contribution is -2.42. The van der Waals surface area contributed by atoms with Gasteiger partial charge in [-0.05, 0) is 30.7 Å². The van der Waals surface area contributed by atoms with E-state index in [-0.39, 0.29) is 11.8 Å². The molecule has 22 heavy (non-hydrogen) atoms. The van der Waals surface area contributed by atoms with E-state index in [0.717, 1.165) is 32.5 Å². The lowest BCUT2D eigenvalue weighted by molar-refractivity contribution is -0.136. The second-order valence-electron chi connectivity index (χ2n) is 7.28. The molecule has 0 bridgehead atoms. The minimum Gasteiger partial charge on any atom is -0.339 e. The molecule has 2 aliphatic rings. The summed E-state index contributed by atoms with van der Waals surface area (Å²) >= 11 is 0. The number of nitrogens with zero attached hydrogens (tertiary/aromatic N) is 3. The Kier molecular flexibility index (Phi) is 4.52. The standard InChI is InChI=1S/C17H28N4O/c1-12(2)7-14-5-4-6-21(14)17(22)16-10-18-9-15(16)13-8-19-20(3)11-13/h8,11-12,14-16,18H,4-7,9-10H2,1-3H3/t14?,15-,16+/m1/s1. The smallest absolute Gasteiger partial charge is 0.227 e. The van der Waals surface area contributed by atoms with Gasteiger partial charge >= 0.3 is 0 Å². The van der Waals surface area contributed by atoms with Gasteiger partial charge in [0.2, 0.25) is 5.91 Å². The Morgan fingerprint density at radius 3 is 2.95 bits per heavy atom. The zero-order valence-corrected chi connectivity index (χ0v) is 14.0. The van der Waals surface area contributed by atoms with Crippen LogP contribution in [0.3, 0.4) is 0 Å². The second-order valence-corrected chi connectivity index (χ2v) is 7.28. The summed E-state index contributed by atoms with van der Waals surface area (Å²) in [5.74, 6) is 1.33. The molecule has 2 fully saturated rings. The van der Waals surface area contributed by atoms with E-state index < -0.39 is 0 Å². The number of aromatic nitrogens is 2. The highest BCUT2D eigenvalue weighted by Gasteiger charge is 2.40. The topological polar surface area (TPSA) is 50.2 Å². The summed E-state index contributed by atoms with van der Waals surface area (Å²) in [4.78, 5) is 15.3. The number of aryl methyl sites for hydroxylation is 1. The summed E-state index contributed by atoms with van der Waals surface area (Å²) in [7, 11) is 1.93. The predicted octanol–water partition coefficient (Wildman–Crippen LogP) is 1.76. The number of carbonyl (C=O) groups excluding carboxylic acids is 1. The summed E-state index contributed by atoms with van der Waals surface area (Å²) in [6.07, 6.45) is 7.41. The van der Waals surface area contributed by atoms with Crippen LogP contribution in [0.15, 0.2) is 12.4 Å². The second kappa shape index (κ2) is 6.41. The van der Waals surface area contributed by atoms with Gasteiger partial charge in [0.25, 0.3) is 0 Å². The van der Waals surface area contributed by atoms with Crippen molar-refractivity contribution in [2.24, 2.45) is 18.9 Å². The van der Waals surface area contributed by atoms with Crippen LogP contribution in [0.4, 0.5) is 0 Å². The first-order valence-corrected chi connectivity index (χ1v) is 8.56. The van der Waals surface area contributed by atoms with Gasteiger partial charge in [-0.1, -0.05) is 13.8 Å². The maximum absolute atomic E-state index is 13.1. The van der Waals surface area contributed by atoms with E-state index in [9.17, 15) is 4.79 Å². The van der Waals surface area contributed by atoms with Gasteiger partial charge in [-0.25, -0.2) is 0 Å². The van der Waals surface area contributed by atoms with Crippen LogP contribution < -0.4 is 5.32 Å². The molecule has 0 aliphatic carbocycles. The summed E-state index contributed by atoms with van der Waals surface area (Å²) in [5, 5.41) is 7.68.